The van der Waals surface area contributed by atoms with Gasteiger partial charge in [0.25, 0.3) is 5.91 Å². The first-order chi connectivity index (χ1) is 15.0. The van der Waals surface area contributed by atoms with Crippen molar-refractivity contribution in [3.63, 3.8) is 0 Å². The van der Waals surface area contributed by atoms with Gasteiger partial charge in [-0.25, -0.2) is 9.38 Å². The zero-order chi connectivity index (χ0) is 23.6. The molecule has 2 amide bonds. The van der Waals surface area contributed by atoms with Crippen molar-refractivity contribution in [2.24, 2.45) is 16.6 Å². The summed E-state index contributed by atoms with van der Waals surface area (Å²) in [5.41, 5.74) is 6.95. The summed E-state index contributed by atoms with van der Waals surface area (Å²) in [7, 11) is 0. The molecule has 1 aliphatic heterocycles. The minimum Gasteiger partial charge on any atom is -0.369 e. The third kappa shape index (κ3) is 5.27. The van der Waals surface area contributed by atoms with E-state index in [-0.39, 0.29) is 42.4 Å². The summed E-state index contributed by atoms with van der Waals surface area (Å²) in [4.78, 5) is 31.3. The second-order valence-electron chi connectivity index (χ2n) is 8.74. The molecule has 0 saturated heterocycles. The van der Waals surface area contributed by atoms with E-state index < -0.39 is 17.3 Å². The molecular weight excluding hydrogens is 431 g/mol. The van der Waals surface area contributed by atoms with E-state index in [1.807, 2.05) is 33.8 Å². The van der Waals surface area contributed by atoms with Gasteiger partial charge in [-0.2, -0.15) is 0 Å². The summed E-state index contributed by atoms with van der Waals surface area (Å²) in [6, 6.07) is 10.8. The van der Waals surface area contributed by atoms with Crippen molar-refractivity contribution in [3.05, 3.63) is 70.0 Å². The third-order valence-electron chi connectivity index (χ3n) is 5.96. The number of amides is 2. The zero-order valence-electron chi connectivity index (χ0n) is 18.7. The topological polar surface area (TPSA) is 87.8 Å². The normalized spacial score (nSPS) is 19.7. The standard InChI is InChI=1S/C24H28ClFN4O2/c1-14(2)24(4)12-21(31)30(23(27)29-24)13-16-8-18(11-20(26)9-16)22(32)28-15(3)17-6-5-7-19(25)10-17/h5-11,14-15H,12-13H2,1-4H3,(H2,27,29)(H,28,32)/t15-,24-/m0/s1. The van der Waals surface area contributed by atoms with Crippen LogP contribution < -0.4 is 11.1 Å². The minimum atomic E-state index is -0.574. The largest absolute Gasteiger partial charge is 0.369 e. The fraction of sp³-hybridized carbons (Fsp3) is 0.375. The molecule has 8 heteroatoms. The van der Waals surface area contributed by atoms with Crippen molar-refractivity contribution in [2.75, 3.05) is 0 Å². The van der Waals surface area contributed by atoms with Crippen molar-refractivity contribution in [2.45, 2.75) is 52.2 Å². The number of carbonyl (C=O) groups is 2. The van der Waals surface area contributed by atoms with Crippen LogP contribution in [0.5, 0.6) is 0 Å². The smallest absolute Gasteiger partial charge is 0.251 e. The van der Waals surface area contributed by atoms with Gasteiger partial charge in [-0.1, -0.05) is 37.6 Å². The Morgan fingerprint density at radius 2 is 2.00 bits per heavy atom. The van der Waals surface area contributed by atoms with E-state index in [0.29, 0.717) is 10.6 Å². The first-order valence-corrected chi connectivity index (χ1v) is 10.9. The minimum absolute atomic E-state index is 0.0320. The molecule has 2 atom stereocenters. The van der Waals surface area contributed by atoms with Crippen molar-refractivity contribution in [1.29, 1.82) is 0 Å². The van der Waals surface area contributed by atoms with E-state index in [4.69, 9.17) is 17.3 Å². The second-order valence-corrected chi connectivity index (χ2v) is 9.17. The summed E-state index contributed by atoms with van der Waals surface area (Å²) in [6.45, 7) is 7.72. The van der Waals surface area contributed by atoms with E-state index in [1.54, 1.807) is 24.3 Å². The number of benzene rings is 2. The van der Waals surface area contributed by atoms with Crippen LogP contribution in [0, 0.1) is 11.7 Å². The van der Waals surface area contributed by atoms with E-state index >= 15 is 0 Å². The summed E-state index contributed by atoms with van der Waals surface area (Å²) in [6.07, 6.45) is 0.213. The SMILES string of the molecule is CC(C)[C@]1(C)CC(=O)N(Cc2cc(F)cc(C(=O)N[C@@H](C)c3cccc(Cl)c3)c2)C(N)=N1. The Morgan fingerprint density at radius 3 is 2.62 bits per heavy atom. The lowest BCUT2D eigenvalue weighted by Gasteiger charge is -2.37. The Labute approximate surface area is 192 Å². The molecule has 3 N–H and O–H groups in total. The molecule has 2 aromatic rings. The molecule has 0 unspecified atom stereocenters. The fourth-order valence-corrected chi connectivity index (χ4v) is 3.79. The molecule has 0 saturated carbocycles. The van der Waals surface area contributed by atoms with Crippen LogP contribution in [0.4, 0.5) is 4.39 Å². The number of nitrogens with two attached hydrogens (primary N) is 1. The Morgan fingerprint density at radius 1 is 1.28 bits per heavy atom. The van der Waals surface area contributed by atoms with Gasteiger partial charge in [0, 0.05) is 10.6 Å². The average Bonchev–Trinajstić information content (AvgIpc) is 2.70. The molecule has 0 bridgehead atoms. The van der Waals surface area contributed by atoms with Crippen LogP contribution in [-0.4, -0.2) is 28.2 Å². The Bertz CT molecular complexity index is 1070. The van der Waals surface area contributed by atoms with Crippen molar-refractivity contribution < 1.29 is 14.0 Å². The highest BCUT2D eigenvalue weighted by Gasteiger charge is 2.38. The van der Waals surface area contributed by atoms with Crippen LogP contribution in [-0.2, 0) is 11.3 Å². The summed E-state index contributed by atoms with van der Waals surface area (Å²) >= 11 is 6.02. The Balaban J connectivity index is 1.79. The molecule has 0 aromatic heterocycles. The molecule has 0 fully saturated rings. The molecular formula is C24H28ClFN4O2. The number of hydrogen-bond acceptors (Lipinski definition) is 4. The van der Waals surface area contributed by atoms with E-state index in [1.165, 1.54) is 11.0 Å². The Kier molecular flexibility index (Phi) is 6.88. The van der Waals surface area contributed by atoms with Crippen LogP contribution in [0.3, 0.4) is 0 Å². The van der Waals surface area contributed by atoms with E-state index in [0.717, 1.165) is 11.6 Å². The van der Waals surface area contributed by atoms with Gasteiger partial charge in [-0.3, -0.25) is 14.5 Å². The molecule has 170 valence electrons. The predicted octanol–water partition coefficient (Wildman–Crippen LogP) is 4.43. The zero-order valence-corrected chi connectivity index (χ0v) is 19.4. The molecule has 3 rings (SSSR count). The maximum absolute atomic E-state index is 14.3. The van der Waals surface area contributed by atoms with Gasteiger partial charge in [0.1, 0.15) is 5.82 Å². The highest BCUT2D eigenvalue weighted by Crippen LogP contribution is 2.30. The Hall–Kier alpha value is -2.93. The summed E-state index contributed by atoms with van der Waals surface area (Å²) in [5, 5.41) is 3.41. The van der Waals surface area contributed by atoms with Gasteiger partial charge in [-0.05, 0) is 61.2 Å². The van der Waals surface area contributed by atoms with Crippen LogP contribution in [0.15, 0.2) is 47.5 Å². The monoisotopic (exact) mass is 458 g/mol. The highest BCUT2D eigenvalue weighted by molar-refractivity contribution is 6.30. The van der Waals surface area contributed by atoms with Crippen LogP contribution in [0.25, 0.3) is 0 Å². The number of carbonyl (C=O) groups excluding carboxylic acids is 2. The van der Waals surface area contributed by atoms with Crippen molar-refractivity contribution in [3.8, 4) is 0 Å². The first-order valence-electron chi connectivity index (χ1n) is 10.5. The fourth-order valence-electron chi connectivity index (χ4n) is 3.59. The number of guanidine groups is 1. The van der Waals surface area contributed by atoms with Crippen LogP contribution in [0.1, 0.15) is 61.6 Å². The maximum Gasteiger partial charge on any atom is 0.251 e. The van der Waals surface area contributed by atoms with Gasteiger partial charge < -0.3 is 11.1 Å². The first kappa shape index (κ1) is 23.7. The number of aliphatic imine (C=N–C) groups is 1. The summed E-state index contributed by atoms with van der Waals surface area (Å²) < 4.78 is 14.3. The molecule has 0 spiro atoms. The molecule has 0 radical (unpaired) electrons. The highest BCUT2D eigenvalue weighted by atomic mass is 35.5. The lowest BCUT2D eigenvalue weighted by Crippen LogP contribution is -2.51. The molecule has 1 heterocycles. The number of nitrogens with zero attached hydrogens (tertiary/aromatic N) is 2. The molecule has 6 nitrogen and oxygen atoms in total. The third-order valence-corrected chi connectivity index (χ3v) is 6.19. The van der Waals surface area contributed by atoms with E-state index in [9.17, 15) is 14.0 Å². The van der Waals surface area contributed by atoms with Crippen molar-refractivity contribution >= 4 is 29.4 Å². The average molecular weight is 459 g/mol. The van der Waals surface area contributed by atoms with Gasteiger partial charge in [0.2, 0.25) is 5.91 Å². The maximum atomic E-state index is 14.3. The lowest BCUT2D eigenvalue weighted by molar-refractivity contribution is -0.130. The van der Waals surface area contributed by atoms with E-state index in [2.05, 4.69) is 10.3 Å². The lowest BCUT2D eigenvalue weighted by atomic mass is 9.84. The predicted molar refractivity (Wildman–Crippen MR) is 124 cm³/mol. The number of halogens is 2. The van der Waals surface area contributed by atoms with Gasteiger partial charge >= 0.3 is 0 Å². The van der Waals surface area contributed by atoms with Gasteiger partial charge in [0.05, 0.1) is 24.5 Å². The second kappa shape index (κ2) is 9.28. The quantitative estimate of drug-likeness (QED) is 0.671. The number of rotatable bonds is 6. The van der Waals surface area contributed by atoms with Gasteiger partial charge in [0.15, 0.2) is 5.96 Å². The van der Waals surface area contributed by atoms with Gasteiger partial charge in [-0.15, -0.1) is 0 Å². The molecule has 1 aliphatic rings. The van der Waals surface area contributed by atoms with Crippen molar-refractivity contribution in [1.82, 2.24) is 10.2 Å². The molecule has 0 aliphatic carbocycles. The van der Waals surface area contributed by atoms with Crippen LogP contribution in [0.2, 0.25) is 5.02 Å². The molecule has 32 heavy (non-hydrogen) atoms. The van der Waals surface area contributed by atoms with Crippen LogP contribution >= 0.6 is 11.6 Å². The number of hydrogen-bond donors (Lipinski definition) is 2. The molecule has 2 aromatic carbocycles. The number of nitrogens with one attached hydrogen (secondary N) is 1. The summed E-state index contributed by atoms with van der Waals surface area (Å²) in [5.74, 6) is -0.953.